The van der Waals surface area contributed by atoms with Gasteiger partial charge in [-0.15, -0.1) is 0 Å². The lowest BCUT2D eigenvalue weighted by atomic mass is 9.37. The number of ether oxygens (including phenoxy) is 3. The second kappa shape index (κ2) is 10.9. The second-order valence-corrected chi connectivity index (χ2v) is 18.1. The summed E-state index contributed by atoms with van der Waals surface area (Å²) in [6.45, 7) is 12.7. The van der Waals surface area contributed by atoms with Crippen molar-refractivity contribution in [3.8, 4) is 0 Å². The van der Waals surface area contributed by atoms with Crippen molar-refractivity contribution in [2.24, 2.45) is 50.7 Å². The van der Waals surface area contributed by atoms with Crippen LogP contribution in [-0.2, 0) is 14.2 Å². The maximum absolute atomic E-state index is 13.5. The molecular weight excluding hydrogens is 594 g/mol. The Hall–Kier alpha value is -1.71. The maximum Gasteiger partial charge on any atom is 0.340 e. The highest BCUT2D eigenvalue weighted by Gasteiger charge is 2.86. The first-order valence-corrected chi connectivity index (χ1v) is 18.3. The van der Waals surface area contributed by atoms with E-state index in [9.17, 15) is 20.1 Å². The van der Waals surface area contributed by atoms with Gasteiger partial charge in [0.2, 0.25) is 0 Å². The second-order valence-electron chi connectivity index (χ2n) is 18.1. The first-order valence-electron chi connectivity index (χ1n) is 18.3. The molecule has 47 heavy (non-hydrogen) atoms. The summed E-state index contributed by atoms with van der Waals surface area (Å²) in [6.07, 6.45) is 6.36. The number of hydrogen-bond donors (Lipinski definition) is 4. The van der Waals surface area contributed by atoms with Crippen molar-refractivity contribution < 1.29 is 34.3 Å². The number of aliphatic hydroxyl groups excluding tert-OH is 2. The van der Waals surface area contributed by atoms with Crippen LogP contribution >= 0.6 is 0 Å². The fraction of sp³-hybridized carbons (Fsp3) is 0.821. The third kappa shape index (κ3) is 4.46. The number of hydrogen-bond acceptors (Lipinski definition) is 8. The van der Waals surface area contributed by atoms with E-state index in [1.807, 2.05) is 31.3 Å². The zero-order valence-electron chi connectivity index (χ0n) is 29.8. The summed E-state index contributed by atoms with van der Waals surface area (Å²) in [6, 6.07) is 7.52. The Labute approximate surface area is 281 Å². The quantitative estimate of drug-likeness (QED) is 0.258. The minimum Gasteiger partial charge on any atom is -0.458 e. The van der Waals surface area contributed by atoms with Gasteiger partial charge < -0.3 is 34.8 Å². The summed E-state index contributed by atoms with van der Waals surface area (Å²) in [5.74, 6) is 0.916. The molecule has 0 bridgehead atoms. The van der Waals surface area contributed by atoms with Gasteiger partial charge in [0.05, 0.1) is 23.4 Å². The van der Waals surface area contributed by atoms with Crippen LogP contribution in [0, 0.1) is 50.7 Å². The smallest absolute Gasteiger partial charge is 0.340 e. The number of esters is 1. The molecule has 0 spiro atoms. The number of methoxy groups -OCH3 is 1. The van der Waals surface area contributed by atoms with Crippen molar-refractivity contribution in [1.82, 2.24) is 0 Å². The number of aliphatic hydroxyl groups is 3. The molecule has 0 amide bonds. The van der Waals surface area contributed by atoms with E-state index in [0.717, 1.165) is 57.1 Å². The molecule has 3 unspecified atom stereocenters. The molecule has 0 radical (unpaired) electrons. The van der Waals surface area contributed by atoms with E-state index in [1.165, 1.54) is 0 Å². The minimum absolute atomic E-state index is 0.0400. The van der Waals surface area contributed by atoms with Crippen LogP contribution in [0.3, 0.4) is 0 Å². The van der Waals surface area contributed by atoms with Crippen LogP contribution in [0.5, 0.6) is 0 Å². The standard InChI is InChI=1S/C39H59NO7/c1-34(2)28-20-29(41)37(6)27(36(28,5)16-15-30(34)47-32(43)22-11-9-10-12-25(22)40-7)14-17-38-21-39(37,38)18-13-24(38)23-19-26(46-33(23)45-8)31(42)35(3,4)44/h9-12,23-24,26-31,33,40-42,44H,13-21H2,1-8H3/t23?,24-,26+,27+,28?,29+,30-,31?,33-,36+,37-,38+,39+/m0/s1. The van der Waals surface area contributed by atoms with Gasteiger partial charge >= 0.3 is 5.97 Å². The number of carbonyl (C=O) groups excluding carboxylic acids is 1. The Kier molecular flexibility index (Phi) is 7.83. The lowest BCUT2D eigenvalue weighted by Gasteiger charge is -2.68. The normalized spacial score (nSPS) is 47.2. The molecule has 1 aromatic rings. The minimum atomic E-state index is -1.25. The molecule has 6 fully saturated rings. The number of nitrogens with one attached hydrogen (secondary N) is 1. The number of anilines is 1. The van der Waals surface area contributed by atoms with Crippen molar-refractivity contribution in [3.05, 3.63) is 29.8 Å². The molecule has 262 valence electrons. The lowest BCUT2D eigenvalue weighted by Crippen LogP contribution is -2.66. The van der Waals surface area contributed by atoms with Gasteiger partial charge in [0, 0.05) is 36.6 Å². The van der Waals surface area contributed by atoms with Crippen LogP contribution < -0.4 is 5.32 Å². The summed E-state index contributed by atoms with van der Waals surface area (Å²) >= 11 is 0. The first-order chi connectivity index (χ1) is 22.0. The number of fused-ring (bicyclic) bond motifs is 3. The molecule has 7 rings (SSSR count). The highest BCUT2D eigenvalue weighted by Crippen LogP contribution is 2.91. The molecule has 1 saturated heterocycles. The Morgan fingerprint density at radius 2 is 1.77 bits per heavy atom. The summed E-state index contributed by atoms with van der Waals surface area (Å²) in [5, 5.41) is 37.0. The Bertz CT molecular complexity index is 1390. The van der Waals surface area contributed by atoms with Gasteiger partial charge in [0.1, 0.15) is 12.2 Å². The van der Waals surface area contributed by atoms with Gasteiger partial charge in [-0.05, 0) is 118 Å². The van der Waals surface area contributed by atoms with Crippen molar-refractivity contribution in [1.29, 1.82) is 0 Å². The lowest BCUT2D eigenvalue weighted by molar-refractivity contribution is -0.243. The highest BCUT2D eigenvalue weighted by molar-refractivity contribution is 5.95. The fourth-order valence-electron chi connectivity index (χ4n) is 13.5. The van der Waals surface area contributed by atoms with Gasteiger partial charge in [-0.3, -0.25) is 0 Å². The molecule has 5 saturated carbocycles. The van der Waals surface area contributed by atoms with Gasteiger partial charge in [-0.25, -0.2) is 4.79 Å². The zero-order chi connectivity index (χ0) is 33.9. The highest BCUT2D eigenvalue weighted by atomic mass is 16.7. The Morgan fingerprint density at radius 1 is 1.04 bits per heavy atom. The average Bonchev–Trinajstić information content (AvgIpc) is 3.35. The van der Waals surface area contributed by atoms with E-state index in [2.05, 4.69) is 33.0 Å². The van der Waals surface area contributed by atoms with E-state index in [-0.39, 0.29) is 51.0 Å². The number of rotatable bonds is 7. The molecule has 8 heteroatoms. The number of para-hydroxylation sites is 1. The van der Waals surface area contributed by atoms with Crippen molar-refractivity contribution in [2.75, 3.05) is 19.5 Å². The Balaban J connectivity index is 1.13. The SMILES string of the molecule is CNc1ccccc1C(=O)O[C@H]1CC[C@@]2(C)C(C[C@@H](O)[C@]3(C)[C@@H]2CC[C@]24C[C@@]23CC[C@H]4C2C[C@H](C(O)C(C)(C)O)O[C@@H]2OC)C1(C)C. The largest absolute Gasteiger partial charge is 0.458 e. The van der Waals surface area contributed by atoms with Crippen LogP contribution in [-0.4, -0.2) is 71.8 Å². The fourth-order valence-corrected chi connectivity index (χ4v) is 13.5. The van der Waals surface area contributed by atoms with Crippen molar-refractivity contribution >= 4 is 11.7 Å². The Morgan fingerprint density at radius 3 is 2.45 bits per heavy atom. The molecule has 13 atom stereocenters. The van der Waals surface area contributed by atoms with E-state index in [0.29, 0.717) is 23.8 Å². The summed E-state index contributed by atoms with van der Waals surface area (Å²) in [4.78, 5) is 13.5. The van der Waals surface area contributed by atoms with Gasteiger partial charge in [0.25, 0.3) is 0 Å². The van der Waals surface area contributed by atoms with Gasteiger partial charge in [-0.2, -0.15) is 0 Å². The first kappa shape index (κ1) is 33.8. The number of carbonyl (C=O) groups is 1. The third-order valence-corrected chi connectivity index (χ3v) is 15.7. The van der Waals surface area contributed by atoms with E-state index < -0.39 is 30.2 Å². The summed E-state index contributed by atoms with van der Waals surface area (Å²) in [7, 11) is 3.52. The van der Waals surface area contributed by atoms with Crippen LogP contribution in [0.15, 0.2) is 24.3 Å². The maximum atomic E-state index is 13.5. The molecule has 5 aliphatic carbocycles. The van der Waals surface area contributed by atoms with Crippen molar-refractivity contribution in [2.45, 2.75) is 136 Å². The monoisotopic (exact) mass is 653 g/mol. The molecule has 0 aromatic heterocycles. The molecule has 4 N–H and O–H groups in total. The van der Waals surface area contributed by atoms with E-state index >= 15 is 0 Å². The van der Waals surface area contributed by atoms with Crippen LogP contribution in [0.2, 0.25) is 0 Å². The topological polar surface area (TPSA) is 117 Å². The van der Waals surface area contributed by atoms with Crippen LogP contribution in [0.25, 0.3) is 0 Å². The molecular formula is C39H59NO7. The van der Waals surface area contributed by atoms with E-state index in [1.54, 1.807) is 21.0 Å². The van der Waals surface area contributed by atoms with Crippen LogP contribution in [0.1, 0.15) is 110 Å². The summed E-state index contributed by atoms with van der Waals surface area (Å²) < 4.78 is 18.5. The molecule has 8 nitrogen and oxygen atoms in total. The van der Waals surface area contributed by atoms with Gasteiger partial charge in [0.15, 0.2) is 6.29 Å². The summed E-state index contributed by atoms with van der Waals surface area (Å²) in [5.41, 5.74) is -0.0943. The van der Waals surface area contributed by atoms with Crippen LogP contribution in [0.4, 0.5) is 5.69 Å². The predicted octanol–water partition coefficient (Wildman–Crippen LogP) is 6.17. The molecule has 1 heterocycles. The predicted molar refractivity (Wildman–Crippen MR) is 180 cm³/mol. The molecule has 6 aliphatic rings. The molecule has 1 aromatic carbocycles. The van der Waals surface area contributed by atoms with E-state index in [4.69, 9.17) is 14.2 Å². The van der Waals surface area contributed by atoms with Crippen molar-refractivity contribution in [3.63, 3.8) is 0 Å². The third-order valence-electron chi connectivity index (χ3n) is 15.7. The molecule has 1 aliphatic heterocycles. The average molecular weight is 654 g/mol. The van der Waals surface area contributed by atoms with Gasteiger partial charge in [-0.1, -0.05) is 39.8 Å². The zero-order valence-corrected chi connectivity index (χ0v) is 29.8. The number of benzene rings is 1.